The molecule has 2 spiro atoms. The van der Waals surface area contributed by atoms with Gasteiger partial charge in [0.2, 0.25) is 0 Å². The first-order chi connectivity index (χ1) is 14.0. The quantitative estimate of drug-likeness (QED) is 0.715. The topological polar surface area (TPSA) is 52.6 Å². The maximum Gasteiger partial charge on any atom is 0.197 e. The Hall–Kier alpha value is -2.82. The van der Waals surface area contributed by atoms with Gasteiger partial charge in [-0.1, -0.05) is 54.1 Å². The standard InChI is InChI=1S/C25H22O4/c1-17-6-8-18(9-7-17)22(27)16-23-20-4-2-3-5-21(20)25(28-23)15-14-24(29-25)12-10-19(26)11-13-24/h2-13,23H,14-16H2,1H3/t23-,25-/m1/s1. The second-order valence-electron chi connectivity index (χ2n) is 8.07. The highest BCUT2D eigenvalue weighted by atomic mass is 16.7. The minimum absolute atomic E-state index is 0.0329. The SMILES string of the molecule is Cc1ccc(C(=O)C[C@H]2O[C@@]3(CCC4(C=CC(=O)C=C4)O3)c3ccccc32)cc1. The third kappa shape index (κ3) is 3.09. The van der Waals surface area contributed by atoms with Gasteiger partial charge in [0.25, 0.3) is 0 Å². The Morgan fingerprint density at radius 3 is 2.52 bits per heavy atom. The molecule has 2 aromatic carbocycles. The van der Waals surface area contributed by atoms with Crippen molar-refractivity contribution in [2.75, 3.05) is 0 Å². The van der Waals surface area contributed by atoms with Crippen molar-refractivity contribution in [1.29, 1.82) is 0 Å². The van der Waals surface area contributed by atoms with Crippen LogP contribution in [0.15, 0.2) is 72.8 Å². The summed E-state index contributed by atoms with van der Waals surface area (Å²) in [4.78, 5) is 24.4. The van der Waals surface area contributed by atoms with Gasteiger partial charge in [-0.3, -0.25) is 9.59 Å². The molecule has 146 valence electrons. The molecule has 0 unspecified atom stereocenters. The summed E-state index contributed by atoms with van der Waals surface area (Å²) in [5.41, 5.74) is 3.18. The van der Waals surface area contributed by atoms with E-state index in [2.05, 4.69) is 0 Å². The minimum atomic E-state index is -0.885. The van der Waals surface area contributed by atoms with Crippen molar-refractivity contribution in [1.82, 2.24) is 0 Å². The van der Waals surface area contributed by atoms with Gasteiger partial charge in [-0.05, 0) is 43.2 Å². The molecule has 4 nitrogen and oxygen atoms in total. The molecule has 4 heteroatoms. The first-order valence-corrected chi connectivity index (χ1v) is 9.98. The van der Waals surface area contributed by atoms with Gasteiger partial charge in [-0.15, -0.1) is 0 Å². The van der Waals surface area contributed by atoms with Gasteiger partial charge in [0.15, 0.2) is 17.4 Å². The van der Waals surface area contributed by atoms with Gasteiger partial charge in [0.1, 0.15) is 5.60 Å². The molecule has 0 N–H and O–H groups in total. The normalized spacial score (nSPS) is 26.4. The van der Waals surface area contributed by atoms with E-state index in [-0.39, 0.29) is 24.1 Å². The number of Topliss-reactive ketones (excluding diaryl/α,β-unsaturated/α-hetero) is 1. The second kappa shape index (κ2) is 6.61. The van der Waals surface area contributed by atoms with E-state index in [1.165, 1.54) is 0 Å². The molecule has 0 aromatic heterocycles. The fourth-order valence-electron chi connectivity index (χ4n) is 4.49. The molecule has 2 aliphatic heterocycles. The van der Waals surface area contributed by atoms with Gasteiger partial charge in [-0.25, -0.2) is 0 Å². The molecule has 2 aromatic rings. The summed E-state index contributed by atoms with van der Waals surface area (Å²) in [6.45, 7) is 2.00. The zero-order valence-electron chi connectivity index (χ0n) is 16.3. The molecule has 29 heavy (non-hydrogen) atoms. The van der Waals surface area contributed by atoms with E-state index in [9.17, 15) is 9.59 Å². The first-order valence-electron chi connectivity index (χ1n) is 9.98. The molecule has 1 fully saturated rings. The number of allylic oxidation sites excluding steroid dienone is 2. The smallest absolute Gasteiger partial charge is 0.197 e. The number of aryl methyl sites for hydroxylation is 1. The average Bonchev–Trinajstić information content (AvgIpc) is 3.24. The Kier molecular flexibility index (Phi) is 4.16. The van der Waals surface area contributed by atoms with Gasteiger partial charge >= 0.3 is 0 Å². The first kappa shape index (κ1) is 18.2. The Balaban J connectivity index is 1.43. The number of rotatable bonds is 3. The van der Waals surface area contributed by atoms with Crippen molar-refractivity contribution in [3.63, 3.8) is 0 Å². The summed E-state index contributed by atoms with van der Waals surface area (Å²) in [6, 6.07) is 15.6. The Morgan fingerprint density at radius 2 is 1.76 bits per heavy atom. The largest absolute Gasteiger partial charge is 0.337 e. The van der Waals surface area contributed by atoms with Crippen molar-refractivity contribution in [2.24, 2.45) is 0 Å². The zero-order chi connectivity index (χ0) is 20.1. The maximum atomic E-state index is 12.9. The highest BCUT2D eigenvalue weighted by Crippen LogP contribution is 2.55. The van der Waals surface area contributed by atoms with Crippen LogP contribution in [0.2, 0.25) is 0 Å². The van der Waals surface area contributed by atoms with E-state index in [0.29, 0.717) is 12.0 Å². The molecule has 1 aliphatic carbocycles. The van der Waals surface area contributed by atoms with Crippen LogP contribution >= 0.6 is 0 Å². The number of ether oxygens (including phenoxy) is 2. The lowest BCUT2D eigenvalue weighted by molar-refractivity contribution is -0.250. The van der Waals surface area contributed by atoms with Crippen LogP contribution in [0.25, 0.3) is 0 Å². The molecule has 0 bridgehead atoms. The molecule has 2 atom stereocenters. The summed E-state index contributed by atoms with van der Waals surface area (Å²) in [6.07, 6.45) is 8.05. The van der Waals surface area contributed by atoms with Crippen LogP contribution in [0.1, 0.15) is 52.4 Å². The van der Waals surface area contributed by atoms with Crippen molar-refractivity contribution in [2.45, 2.75) is 43.7 Å². The van der Waals surface area contributed by atoms with Crippen LogP contribution in [0.5, 0.6) is 0 Å². The van der Waals surface area contributed by atoms with E-state index < -0.39 is 11.4 Å². The van der Waals surface area contributed by atoms with Gasteiger partial charge < -0.3 is 9.47 Å². The number of fused-ring (bicyclic) bond motifs is 2. The summed E-state index contributed by atoms with van der Waals surface area (Å²) >= 11 is 0. The van der Waals surface area contributed by atoms with E-state index in [4.69, 9.17) is 9.47 Å². The minimum Gasteiger partial charge on any atom is -0.337 e. The summed E-state index contributed by atoms with van der Waals surface area (Å²) in [5, 5.41) is 0. The molecule has 3 aliphatic rings. The van der Waals surface area contributed by atoms with Gasteiger partial charge in [0.05, 0.1) is 6.10 Å². The van der Waals surface area contributed by atoms with E-state index in [1.54, 1.807) is 12.2 Å². The second-order valence-corrected chi connectivity index (χ2v) is 8.07. The highest BCUT2D eigenvalue weighted by molar-refractivity contribution is 6.00. The number of carbonyl (C=O) groups excluding carboxylic acids is 2. The summed E-state index contributed by atoms with van der Waals surface area (Å²) < 4.78 is 12.9. The van der Waals surface area contributed by atoms with Crippen molar-refractivity contribution in [3.8, 4) is 0 Å². The molecule has 5 rings (SSSR count). The number of ketones is 2. The van der Waals surface area contributed by atoms with Crippen LogP contribution < -0.4 is 0 Å². The van der Waals surface area contributed by atoms with Crippen molar-refractivity contribution >= 4 is 11.6 Å². The number of benzene rings is 2. The lowest BCUT2D eigenvalue weighted by atomic mass is 9.92. The Labute approximate surface area is 169 Å². The van der Waals surface area contributed by atoms with Crippen molar-refractivity contribution in [3.05, 3.63) is 95.1 Å². The molecular formula is C25H22O4. The highest BCUT2D eigenvalue weighted by Gasteiger charge is 2.55. The van der Waals surface area contributed by atoms with Crippen LogP contribution in [-0.2, 0) is 20.1 Å². The molecule has 2 heterocycles. The Bertz CT molecular complexity index is 1030. The number of carbonyl (C=O) groups is 2. The summed E-state index contributed by atoms with van der Waals surface area (Å²) in [5.74, 6) is -0.865. The van der Waals surface area contributed by atoms with Crippen LogP contribution in [-0.4, -0.2) is 17.2 Å². The lowest BCUT2D eigenvalue weighted by Gasteiger charge is -2.30. The molecule has 0 saturated carbocycles. The van der Waals surface area contributed by atoms with E-state index >= 15 is 0 Å². The predicted molar refractivity (Wildman–Crippen MR) is 108 cm³/mol. The third-order valence-corrected chi connectivity index (χ3v) is 6.05. The third-order valence-electron chi connectivity index (χ3n) is 6.05. The molecular weight excluding hydrogens is 364 g/mol. The number of hydrogen-bond acceptors (Lipinski definition) is 4. The van der Waals surface area contributed by atoms with Crippen molar-refractivity contribution < 1.29 is 19.1 Å². The fourth-order valence-corrected chi connectivity index (χ4v) is 4.49. The molecule has 0 amide bonds. The van der Waals surface area contributed by atoms with Crippen LogP contribution in [0.3, 0.4) is 0 Å². The fraction of sp³-hybridized carbons (Fsp3) is 0.280. The lowest BCUT2D eigenvalue weighted by Crippen LogP contribution is -2.32. The van der Waals surface area contributed by atoms with Gasteiger partial charge in [-0.2, -0.15) is 0 Å². The van der Waals surface area contributed by atoms with Crippen LogP contribution in [0.4, 0.5) is 0 Å². The maximum absolute atomic E-state index is 12.9. The molecule has 1 saturated heterocycles. The van der Waals surface area contributed by atoms with E-state index in [0.717, 1.165) is 23.1 Å². The molecule has 0 radical (unpaired) electrons. The summed E-state index contributed by atoms with van der Waals surface area (Å²) in [7, 11) is 0. The van der Waals surface area contributed by atoms with Gasteiger partial charge in [0, 0.05) is 24.0 Å². The Morgan fingerprint density at radius 1 is 1.03 bits per heavy atom. The number of hydrogen-bond donors (Lipinski definition) is 0. The van der Waals surface area contributed by atoms with Crippen LogP contribution in [0, 0.1) is 6.92 Å². The average molecular weight is 386 g/mol. The predicted octanol–water partition coefficient (Wildman–Crippen LogP) is 4.74. The monoisotopic (exact) mass is 386 g/mol. The van der Waals surface area contributed by atoms with E-state index in [1.807, 2.05) is 67.6 Å². The zero-order valence-corrected chi connectivity index (χ0v) is 16.3.